The topological polar surface area (TPSA) is 74.7 Å². The molecule has 0 spiro atoms. The summed E-state index contributed by atoms with van der Waals surface area (Å²) in [5, 5.41) is 0.807. The van der Waals surface area contributed by atoms with Crippen LogP contribution in [0, 0.1) is 0 Å². The second-order valence-corrected chi connectivity index (χ2v) is 3.46. The third-order valence-electron chi connectivity index (χ3n) is 2.48. The van der Waals surface area contributed by atoms with E-state index in [1.54, 1.807) is 12.1 Å². The molecule has 2 heterocycles. The van der Waals surface area contributed by atoms with Crippen LogP contribution in [0.2, 0.25) is 0 Å². The normalized spacial score (nSPS) is 13.3. The average Bonchev–Trinajstić information content (AvgIpc) is 2.92. The van der Waals surface area contributed by atoms with Crippen molar-refractivity contribution < 1.29 is 18.7 Å². The van der Waals surface area contributed by atoms with Gasteiger partial charge in [-0.2, -0.15) is 0 Å². The van der Waals surface area contributed by atoms with Crippen molar-refractivity contribution in [2.24, 2.45) is 5.73 Å². The van der Waals surface area contributed by atoms with Crippen molar-refractivity contribution in [3.8, 4) is 11.5 Å². The molecular formula is C11H9NO4. The fourth-order valence-electron chi connectivity index (χ4n) is 1.70. The van der Waals surface area contributed by atoms with Gasteiger partial charge in [0.1, 0.15) is 0 Å². The van der Waals surface area contributed by atoms with E-state index in [-0.39, 0.29) is 24.9 Å². The van der Waals surface area contributed by atoms with Gasteiger partial charge in [0.05, 0.1) is 6.54 Å². The highest BCUT2D eigenvalue weighted by atomic mass is 16.7. The van der Waals surface area contributed by atoms with Crippen LogP contribution < -0.4 is 15.2 Å². The van der Waals surface area contributed by atoms with Crippen molar-refractivity contribution in [3.05, 3.63) is 24.0 Å². The summed E-state index contributed by atoms with van der Waals surface area (Å²) >= 11 is 0. The minimum atomic E-state index is -0.233. The Bertz CT molecular complexity index is 573. The van der Waals surface area contributed by atoms with Crippen LogP contribution in [0.1, 0.15) is 10.6 Å². The average molecular weight is 219 g/mol. The first-order valence-electron chi connectivity index (χ1n) is 4.85. The van der Waals surface area contributed by atoms with Crippen LogP contribution in [0.25, 0.3) is 11.0 Å². The molecule has 0 radical (unpaired) electrons. The lowest BCUT2D eigenvalue weighted by Gasteiger charge is -1.95. The van der Waals surface area contributed by atoms with Crippen molar-refractivity contribution in [1.82, 2.24) is 0 Å². The Balaban J connectivity index is 2.21. The quantitative estimate of drug-likeness (QED) is 0.770. The first-order chi connectivity index (χ1) is 7.79. The summed E-state index contributed by atoms with van der Waals surface area (Å²) in [7, 11) is 0. The molecular weight excluding hydrogens is 210 g/mol. The van der Waals surface area contributed by atoms with E-state index < -0.39 is 0 Å². The summed E-state index contributed by atoms with van der Waals surface area (Å²) in [6.45, 7) is 0.106. The first-order valence-corrected chi connectivity index (χ1v) is 4.85. The summed E-state index contributed by atoms with van der Waals surface area (Å²) in [4.78, 5) is 11.4. The Hall–Kier alpha value is -2.01. The van der Waals surface area contributed by atoms with Gasteiger partial charge in [-0.25, -0.2) is 0 Å². The van der Waals surface area contributed by atoms with Gasteiger partial charge < -0.3 is 19.6 Å². The van der Waals surface area contributed by atoms with Gasteiger partial charge in [0, 0.05) is 5.39 Å². The van der Waals surface area contributed by atoms with Gasteiger partial charge in [-0.05, 0) is 18.2 Å². The number of Topliss-reactive ketones (excluding diaryl/α,β-unsaturated/α-hetero) is 1. The number of benzene rings is 1. The SMILES string of the molecule is NCC(=O)c1cc2ccc3c(c2o1)OCO3. The largest absolute Gasteiger partial charge is 0.453 e. The molecule has 0 unspecified atom stereocenters. The first kappa shape index (κ1) is 9.23. The molecule has 0 fully saturated rings. The number of carbonyl (C=O) groups is 1. The second-order valence-electron chi connectivity index (χ2n) is 3.46. The standard InChI is InChI=1S/C11H9NO4/c12-4-7(13)9-3-6-1-2-8-11(10(6)16-9)15-5-14-8/h1-3H,4-5,12H2. The van der Waals surface area contributed by atoms with Gasteiger partial charge in [-0.15, -0.1) is 0 Å². The maximum atomic E-state index is 11.4. The van der Waals surface area contributed by atoms with Crippen molar-refractivity contribution in [2.45, 2.75) is 0 Å². The van der Waals surface area contributed by atoms with Crippen LogP contribution in [0.15, 0.2) is 22.6 Å². The monoisotopic (exact) mass is 219 g/mol. The zero-order chi connectivity index (χ0) is 11.1. The number of hydrogen-bond donors (Lipinski definition) is 1. The Kier molecular flexibility index (Phi) is 1.87. The molecule has 0 aliphatic carbocycles. The molecule has 1 aliphatic rings. The molecule has 3 rings (SSSR count). The zero-order valence-electron chi connectivity index (χ0n) is 8.36. The van der Waals surface area contributed by atoms with Gasteiger partial charge >= 0.3 is 0 Å². The highest BCUT2D eigenvalue weighted by Gasteiger charge is 2.21. The summed E-state index contributed by atoms with van der Waals surface area (Å²) < 4.78 is 15.9. The van der Waals surface area contributed by atoms with Gasteiger partial charge in [0.15, 0.2) is 17.1 Å². The molecule has 0 saturated heterocycles. The summed E-state index contributed by atoms with van der Waals surface area (Å²) in [6, 6.07) is 5.27. The molecule has 5 nitrogen and oxygen atoms in total. The Morgan fingerprint density at radius 1 is 1.38 bits per heavy atom. The summed E-state index contributed by atoms with van der Waals surface area (Å²) in [5.74, 6) is 1.20. The maximum absolute atomic E-state index is 11.4. The van der Waals surface area contributed by atoms with Crippen LogP contribution in [0.4, 0.5) is 0 Å². The summed E-state index contributed by atoms with van der Waals surface area (Å²) in [5.41, 5.74) is 5.81. The lowest BCUT2D eigenvalue weighted by Crippen LogP contribution is -2.12. The Labute approximate surface area is 90.7 Å². The van der Waals surface area contributed by atoms with E-state index in [4.69, 9.17) is 19.6 Å². The number of ether oxygens (including phenoxy) is 2. The number of nitrogens with two attached hydrogens (primary N) is 1. The van der Waals surface area contributed by atoms with E-state index in [0.717, 1.165) is 5.39 Å². The van der Waals surface area contributed by atoms with Gasteiger partial charge in [-0.1, -0.05) is 0 Å². The molecule has 0 atom stereocenters. The number of hydrogen-bond acceptors (Lipinski definition) is 5. The van der Waals surface area contributed by atoms with E-state index in [1.165, 1.54) is 0 Å². The predicted molar refractivity (Wildman–Crippen MR) is 55.7 cm³/mol. The molecule has 16 heavy (non-hydrogen) atoms. The maximum Gasteiger partial charge on any atom is 0.231 e. The van der Waals surface area contributed by atoms with Crippen LogP contribution in [0.3, 0.4) is 0 Å². The minimum Gasteiger partial charge on any atom is -0.453 e. The third-order valence-corrected chi connectivity index (χ3v) is 2.48. The Morgan fingerprint density at radius 2 is 2.25 bits per heavy atom. The molecule has 1 aromatic carbocycles. The predicted octanol–water partition coefficient (Wildman–Crippen LogP) is 1.30. The molecule has 2 aromatic rings. The van der Waals surface area contributed by atoms with Gasteiger partial charge in [0.2, 0.25) is 18.3 Å². The molecule has 0 bridgehead atoms. The smallest absolute Gasteiger partial charge is 0.231 e. The molecule has 0 amide bonds. The van der Waals surface area contributed by atoms with Gasteiger partial charge in [0.25, 0.3) is 0 Å². The molecule has 1 aromatic heterocycles. The molecule has 2 N–H and O–H groups in total. The highest BCUT2D eigenvalue weighted by molar-refractivity contribution is 6.00. The fraction of sp³-hybridized carbons (Fsp3) is 0.182. The number of ketones is 1. The number of carbonyl (C=O) groups excluding carboxylic acids is 1. The molecule has 0 saturated carbocycles. The number of furan rings is 1. The second kappa shape index (κ2) is 3.24. The Morgan fingerprint density at radius 3 is 3.06 bits per heavy atom. The highest BCUT2D eigenvalue weighted by Crippen LogP contribution is 2.40. The zero-order valence-corrected chi connectivity index (χ0v) is 8.36. The lowest BCUT2D eigenvalue weighted by atomic mass is 10.2. The van der Waals surface area contributed by atoms with Crippen LogP contribution in [-0.4, -0.2) is 19.1 Å². The minimum absolute atomic E-state index is 0.0701. The lowest BCUT2D eigenvalue weighted by molar-refractivity contribution is 0.0977. The van der Waals surface area contributed by atoms with E-state index in [9.17, 15) is 4.79 Å². The number of fused-ring (bicyclic) bond motifs is 3. The van der Waals surface area contributed by atoms with E-state index in [2.05, 4.69) is 0 Å². The fourth-order valence-corrected chi connectivity index (χ4v) is 1.70. The summed E-state index contributed by atoms with van der Waals surface area (Å²) in [6.07, 6.45) is 0. The van der Waals surface area contributed by atoms with Crippen molar-refractivity contribution in [1.29, 1.82) is 0 Å². The molecule has 82 valence electrons. The van der Waals surface area contributed by atoms with Crippen LogP contribution in [0.5, 0.6) is 11.5 Å². The van der Waals surface area contributed by atoms with E-state index in [1.807, 2.05) is 6.07 Å². The third kappa shape index (κ3) is 1.18. The van der Waals surface area contributed by atoms with Crippen molar-refractivity contribution in [2.75, 3.05) is 13.3 Å². The van der Waals surface area contributed by atoms with Gasteiger partial charge in [-0.3, -0.25) is 4.79 Å². The number of rotatable bonds is 2. The van der Waals surface area contributed by atoms with Crippen LogP contribution >= 0.6 is 0 Å². The van der Waals surface area contributed by atoms with E-state index in [0.29, 0.717) is 17.1 Å². The molecule has 1 aliphatic heterocycles. The van der Waals surface area contributed by atoms with Crippen molar-refractivity contribution >= 4 is 16.8 Å². The van der Waals surface area contributed by atoms with E-state index >= 15 is 0 Å². The molecule has 5 heteroatoms. The van der Waals surface area contributed by atoms with Crippen LogP contribution in [-0.2, 0) is 0 Å². The van der Waals surface area contributed by atoms with Crippen molar-refractivity contribution in [3.63, 3.8) is 0 Å².